The van der Waals surface area contributed by atoms with Gasteiger partial charge in [-0.25, -0.2) is 24.7 Å². The smallest absolute Gasteiger partial charge is 0.358 e. The highest BCUT2D eigenvalue weighted by Gasteiger charge is 2.12. The van der Waals surface area contributed by atoms with Crippen LogP contribution in [-0.4, -0.2) is 32.5 Å². The van der Waals surface area contributed by atoms with E-state index in [1.165, 1.54) is 12.4 Å². The predicted octanol–water partition coefficient (Wildman–Crippen LogP) is 1.92. The summed E-state index contributed by atoms with van der Waals surface area (Å²) in [7, 11) is 0. The van der Waals surface area contributed by atoms with Crippen molar-refractivity contribution in [3.05, 3.63) is 41.9 Å². The molecule has 0 bridgehead atoms. The Kier molecular flexibility index (Phi) is 4.76. The third-order valence-electron chi connectivity index (χ3n) is 2.70. The van der Waals surface area contributed by atoms with Gasteiger partial charge in [-0.3, -0.25) is 0 Å². The number of nitrogens with zero attached hydrogens (tertiary/aromatic N) is 4. The van der Waals surface area contributed by atoms with Gasteiger partial charge in [-0.2, -0.15) is 0 Å². The summed E-state index contributed by atoms with van der Waals surface area (Å²) in [5.41, 5.74) is 1.08. The first-order valence-electron chi connectivity index (χ1n) is 6.65. The monoisotopic (exact) mass is 287 g/mol. The summed E-state index contributed by atoms with van der Waals surface area (Å²) in [6, 6.07) is 1.72. The number of aromatic nitrogens is 4. The van der Waals surface area contributed by atoms with Crippen LogP contribution < -0.4 is 5.32 Å². The van der Waals surface area contributed by atoms with Gasteiger partial charge in [0.1, 0.15) is 11.6 Å². The van der Waals surface area contributed by atoms with Crippen LogP contribution >= 0.6 is 0 Å². The van der Waals surface area contributed by atoms with Crippen LogP contribution in [0.2, 0.25) is 0 Å². The molecule has 7 nitrogen and oxygen atoms in total. The molecule has 2 aromatic heterocycles. The summed E-state index contributed by atoms with van der Waals surface area (Å²) in [6.45, 7) is 5.88. The van der Waals surface area contributed by atoms with Gasteiger partial charge in [0, 0.05) is 11.9 Å². The number of carbonyl (C=O) groups is 1. The van der Waals surface area contributed by atoms with Crippen molar-refractivity contribution in [3.63, 3.8) is 0 Å². The number of aryl methyl sites for hydroxylation is 1. The maximum absolute atomic E-state index is 11.5. The van der Waals surface area contributed by atoms with Gasteiger partial charge in [0.15, 0.2) is 5.69 Å². The second-order valence-corrected chi connectivity index (χ2v) is 4.43. The van der Waals surface area contributed by atoms with Crippen molar-refractivity contribution in [2.75, 3.05) is 11.9 Å². The van der Waals surface area contributed by atoms with E-state index >= 15 is 0 Å². The minimum Gasteiger partial charge on any atom is -0.461 e. The van der Waals surface area contributed by atoms with E-state index in [9.17, 15) is 4.79 Å². The number of rotatable bonds is 5. The molecule has 0 saturated heterocycles. The summed E-state index contributed by atoms with van der Waals surface area (Å²) < 4.78 is 4.85. The Bertz CT molecular complexity index is 615. The minimum absolute atomic E-state index is 0.118. The average Bonchev–Trinajstić information content (AvgIpc) is 2.48. The molecule has 0 aliphatic rings. The van der Waals surface area contributed by atoms with Gasteiger partial charge < -0.3 is 10.1 Å². The molecule has 0 aliphatic heterocycles. The van der Waals surface area contributed by atoms with Gasteiger partial charge in [-0.15, -0.1) is 0 Å². The number of hydrogen-bond acceptors (Lipinski definition) is 7. The van der Waals surface area contributed by atoms with E-state index in [1.54, 1.807) is 13.1 Å². The van der Waals surface area contributed by atoms with E-state index in [4.69, 9.17) is 4.74 Å². The average molecular weight is 287 g/mol. The second kappa shape index (κ2) is 6.74. The van der Waals surface area contributed by atoms with Crippen LogP contribution in [0.15, 0.2) is 24.7 Å². The molecule has 0 spiro atoms. The fraction of sp³-hybridized carbons (Fsp3) is 0.357. The van der Waals surface area contributed by atoms with Crippen LogP contribution in [0.3, 0.4) is 0 Å². The van der Waals surface area contributed by atoms with Crippen LogP contribution in [0.1, 0.15) is 41.9 Å². The first-order valence-corrected chi connectivity index (χ1v) is 6.65. The third-order valence-corrected chi connectivity index (χ3v) is 2.70. The zero-order valence-electron chi connectivity index (χ0n) is 12.2. The standard InChI is InChI=1S/C14H17N5O2/c1-4-21-14(20)11-7-17-12(8-16-11)19-10(3)13-15-6-5-9(2)18-13/h5-8,10H,4H2,1-3H3,(H,17,19). The molecule has 2 rings (SSSR count). The number of anilines is 1. The Morgan fingerprint density at radius 3 is 2.76 bits per heavy atom. The molecule has 2 heterocycles. The highest BCUT2D eigenvalue weighted by atomic mass is 16.5. The van der Waals surface area contributed by atoms with E-state index in [-0.39, 0.29) is 11.7 Å². The molecule has 0 aromatic carbocycles. The van der Waals surface area contributed by atoms with Crippen molar-refractivity contribution in [3.8, 4) is 0 Å². The van der Waals surface area contributed by atoms with E-state index < -0.39 is 5.97 Å². The quantitative estimate of drug-likeness (QED) is 0.840. The first kappa shape index (κ1) is 14.8. The van der Waals surface area contributed by atoms with Crippen molar-refractivity contribution in [2.24, 2.45) is 0 Å². The highest BCUT2D eigenvalue weighted by Crippen LogP contribution is 2.13. The summed E-state index contributed by atoms with van der Waals surface area (Å²) in [4.78, 5) is 28.2. The lowest BCUT2D eigenvalue weighted by Gasteiger charge is -2.13. The van der Waals surface area contributed by atoms with Crippen molar-refractivity contribution in [1.82, 2.24) is 19.9 Å². The van der Waals surface area contributed by atoms with Gasteiger partial charge in [0.2, 0.25) is 0 Å². The molecule has 0 aliphatic carbocycles. The maximum atomic E-state index is 11.5. The molecule has 110 valence electrons. The number of nitrogens with one attached hydrogen (secondary N) is 1. The molecular formula is C14H17N5O2. The summed E-state index contributed by atoms with van der Waals surface area (Å²) in [5.74, 6) is 0.735. The van der Waals surface area contributed by atoms with Crippen LogP contribution in [0.4, 0.5) is 5.82 Å². The highest BCUT2D eigenvalue weighted by molar-refractivity contribution is 5.86. The molecule has 1 atom stereocenters. The van der Waals surface area contributed by atoms with Gasteiger partial charge in [-0.1, -0.05) is 0 Å². The molecular weight excluding hydrogens is 270 g/mol. The molecule has 1 N–H and O–H groups in total. The van der Waals surface area contributed by atoms with Crippen molar-refractivity contribution in [2.45, 2.75) is 26.8 Å². The third kappa shape index (κ3) is 3.95. The Morgan fingerprint density at radius 1 is 1.33 bits per heavy atom. The molecule has 7 heteroatoms. The first-order chi connectivity index (χ1) is 10.1. The van der Waals surface area contributed by atoms with Crippen molar-refractivity contribution >= 4 is 11.8 Å². The Morgan fingerprint density at radius 2 is 2.14 bits per heavy atom. The maximum Gasteiger partial charge on any atom is 0.358 e. The molecule has 2 aromatic rings. The topological polar surface area (TPSA) is 89.9 Å². The Labute approximate surface area is 122 Å². The second-order valence-electron chi connectivity index (χ2n) is 4.43. The number of ether oxygens (including phenoxy) is 1. The Balaban J connectivity index is 2.04. The molecule has 0 amide bonds. The molecule has 1 unspecified atom stereocenters. The fourth-order valence-electron chi connectivity index (χ4n) is 1.68. The van der Waals surface area contributed by atoms with E-state index in [2.05, 4.69) is 25.3 Å². The lowest BCUT2D eigenvalue weighted by Crippen LogP contribution is -2.13. The van der Waals surface area contributed by atoms with Gasteiger partial charge in [0.25, 0.3) is 0 Å². The SMILES string of the molecule is CCOC(=O)c1cnc(NC(C)c2nccc(C)n2)cn1. The lowest BCUT2D eigenvalue weighted by atomic mass is 10.3. The normalized spacial score (nSPS) is 11.8. The number of carbonyl (C=O) groups excluding carboxylic acids is 1. The van der Waals surface area contributed by atoms with Crippen molar-refractivity contribution < 1.29 is 9.53 Å². The minimum atomic E-state index is -0.480. The van der Waals surface area contributed by atoms with E-state index in [0.29, 0.717) is 18.2 Å². The Hall–Kier alpha value is -2.57. The van der Waals surface area contributed by atoms with Gasteiger partial charge in [0.05, 0.1) is 25.0 Å². The largest absolute Gasteiger partial charge is 0.461 e. The predicted molar refractivity (Wildman–Crippen MR) is 76.8 cm³/mol. The molecule has 0 fully saturated rings. The van der Waals surface area contributed by atoms with Crippen LogP contribution in [-0.2, 0) is 4.74 Å². The zero-order chi connectivity index (χ0) is 15.2. The summed E-state index contributed by atoms with van der Waals surface area (Å²) >= 11 is 0. The van der Waals surface area contributed by atoms with Crippen LogP contribution in [0.25, 0.3) is 0 Å². The molecule has 0 saturated carbocycles. The van der Waals surface area contributed by atoms with Crippen molar-refractivity contribution in [1.29, 1.82) is 0 Å². The fourth-order valence-corrected chi connectivity index (χ4v) is 1.68. The lowest BCUT2D eigenvalue weighted by molar-refractivity contribution is 0.0519. The van der Waals surface area contributed by atoms with E-state index in [1.807, 2.05) is 19.9 Å². The number of hydrogen-bond donors (Lipinski definition) is 1. The summed E-state index contributed by atoms with van der Waals surface area (Å²) in [5, 5.41) is 3.13. The van der Waals surface area contributed by atoms with Crippen LogP contribution in [0, 0.1) is 6.92 Å². The van der Waals surface area contributed by atoms with Gasteiger partial charge in [-0.05, 0) is 26.8 Å². The molecule has 0 radical (unpaired) electrons. The molecule has 21 heavy (non-hydrogen) atoms. The zero-order valence-corrected chi connectivity index (χ0v) is 12.2. The van der Waals surface area contributed by atoms with E-state index in [0.717, 1.165) is 5.69 Å². The van der Waals surface area contributed by atoms with Crippen LogP contribution in [0.5, 0.6) is 0 Å². The number of esters is 1. The summed E-state index contributed by atoms with van der Waals surface area (Å²) in [6.07, 6.45) is 4.58. The van der Waals surface area contributed by atoms with Gasteiger partial charge >= 0.3 is 5.97 Å².